The third-order valence-electron chi connectivity index (χ3n) is 2.34. The number of carbonyl (C=O) groups excluding carboxylic acids is 2. The maximum atomic E-state index is 13.1. The summed E-state index contributed by atoms with van der Waals surface area (Å²) < 4.78 is 17.9. The predicted molar refractivity (Wildman–Crippen MR) is 61.5 cm³/mol. The Labute approximate surface area is 98.8 Å². The molecule has 17 heavy (non-hydrogen) atoms. The molecule has 0 aliphatic rings. The first-order valence-corrected chi connectivity index (χ1v) is 5.10. The first-order chi connectivity index (χ1) is 7.95. The van der Waals surface area contributed by atoms with Crippen LogP contribution in [0.3, 0.4) is 0 Å². The topological polar surface area (TPSA) is 55.4 Å². The van der Waals surface area contributed by atoms with Crippen molar-refractivity contribution in [3.05, 3.63) is 29.6 Å². The number of methoxy groups -OCH3 is 1. The summed E-state index contributed by atoms with van der Waals surface area (Å²) in [5.74, 6) is -1.19. The Morgan fingerprint density at radius 2 is 2.06 bits per heavy atom. The molecular weight excluding hydrogens is 225 g/mol. The van der Waals surface area contributed by atoms with Crippen LogP contribution in [0.1, 0.15) is 24.2 Å². The molecule has 0 fully saturated rings. The van der Waals surface area contributed by atoms with Crippen LogP contribution in [0.5, 0.6) is 0 Å². The van der Waals surface area contributed by atoms with Gasteiger partial charge in [0.25, 0.3) is 5.91 Å². The summed E-state index contributed by atoms with van der Waals surface area (Å²) in [6.45, 7) is 2.91. The molecule has 0 aromatic heterocycles. The highest BCUT2D eigenvalue weighted by molar-refractivity contribution is 6.04. The Morgan fingerprint density at radius 1 is 1.41 bits per heavy atom. The average Bonchev–Trinajstić information content (AvgIpc) is 2.27. The van der Waals surface area contributed by atoms with Gasteiger partial charge in [-0.15, -0.1) is 0 Å². The zero-order valence-corrected chi connectivity index (χ0v) is 9.91. The van der Waals surface area contributed by atoms with E-state index in [0.717, 1.165) is 6.07 Å². The number of halogens is 1. The quantitative estimate of drug-likeness (QED) is 0.817. The molecule has 1 atom stereocenters. The maximum absolute atomic E-state index is 13.1. The molecule has 1 amide bonds. The molecule has 0 unspecified atom stereocenters. The van der Waals surface area contributed by atoms with Crippen LogP contribution < -0.4 is 5.32 Å². The van der Waals surface area contributed by atoms with Crippen LogP contribution in [-0.4, -0.2) is 24.9 Å². The normalized spacial score (nSPS) is 12.0. The highest BCUT2D eigenvalue weighted by Crippen LogP contribution is 2.18. The summed E-state index contributed by atoms with van der Waals surface area (Å²) in [4.78, 5) is 22.9. The fourth-order valence-electron chi connectivity index (χ4n) is 1.27. The van der Waals surface area contributed by atoms with E-state index in [2.05, 4.69) is 5.32 Å². The van der Waals surface area contributed by atoms with Crippen LogP contribution in [0.25, 0.3) is 0 Å². The number of hydrogen-bond donors (Lipinski definition) is 1. The van der Waals surface area contributed by atoms with Crippen LogP contribution in [0.2, 0.25) is 0 Å². The number of hydrogen-bond acceptors (Lipinski definition) is 3. The second kappa shape index (κ2) is 5.54. The van der Waals surface area contributed by atoms with Crippen molar-refractivity contribution >= 4 is 17.4 Å². The third-order valence-corrected chi connectivity index (χ3v) is 2.34. The van der Waals surface area contributed by atoms with Crippen LogP contribution in [0, 0.1) is 5.82 Å². The Balaban J connectivity index is 3.00. The monoisotopic (exact) mass is 239 g/mol. The van der Waals surface area contributed by atoms with Gasteiger partial charge >= 0.3 is 0 Å². The molecule has 5 heteroatoms. The molecule has 0 aliphatic heterocycles. The Kier molecular flexibility index (Phi) is 4.34. The van der Waals surface area contributed by atoms with E-state index in [0.29, 0.717) is 0 Å². The highest BCUT2D eigenvalue weighted by Gasteiger charge is 2.15. The van der Waals surface area contributed by atoms with E-state index in [1.165, 1.54) is 26.2 Å². The van der Waals surface area contributed by atoms with Crippen molar-refractivity contribution < 1.29 is 18.7 Å². The van der Waals surface area contributed by atoms with Crippen molar-refractivity contribution in [2.24, 2.45) is 0 Å². The van der Waals surface area contributed by atoms with E-state index in [1.54, 1.807) is 6.92 Å². The van der Waals surface area contributed by atoms with Crippen LogP contribution in [0.4, 0.5) is 10.1 Å². The zero-order chi connectivity index (χ0) is 13.0. The Bertz CT molecular complexity index is 445. The van der Waals surface area contributed by atoms with Gasteiger partial charge in [0.1, 0.15) is 11.9 Å². The molecular formula is C12H14FNO3. The second-order valence-corrected chi connectivity index (χ2v) is 3.61. The van der Waals surface area contributed by atoms with Crippen molar-refractivity contribution in [3.63, 3.8) is 0 Å². The van der Waals surface area contributed by atoms with Crippen LogP contribution >= 0.6 is 0 Å². The Morgan fingerprint density at radius 3 is 2.59 bits per heavy atom. The average molecular weight is 239 g/mol. The predicted octanol–water partition coefficient (Wildman–Crippen LogP) is 2.00. The van der Waals surface area contributed by atoms with E-state index in [1.807, 2.05) is 0 Å². The minimum Gasteiger partial charge on any atom is -0.372 e. The molecule has 0 aliphatic carbocycles. The number of nitrogens with one attached hydrogen (secondary N) is 1. The van der Waals surface area contributed by atoms with E-state index in [-0.39, 0.29) is 17.0 Å². The summed E-state index contributed by atoms with van der Waals surface area (Å²) in [5.41, 5.74) is 0.425. The van der Waals surface area contributed by atoms with Crippen LogP contribution in [0.15, 0.2) is 18.2 Å². The minimum atomic E-state index is -0.668. The van der Waals surface area contributed by atoms with Gasteiger partial charge in [0.2, 0.25) is 0 Å². The number of carbonyl (C=O) groups is 2. The fraction of sp³-hybridized carbons (Fsp3) is 0.333. The molecule has 0 radical (unpaired) electrons. The third kappa shape index (κ3) is 3.35. The molecule has 4 nitrogen and oxygen atoms in total. The Hall–Kier alpha value is -1.75. The SMILES string of the molecule is CO[C@@H](C)C(=O)Nc1cc(F)ccc1C(C)=O. The van der Waals surface area contributed by atoms with Gasteiger partial charge in [-0.3, -0.25) is 9.59 Å². The molecule has 1 rings (SSSR count). The van der Waals surface area contributed by atoms with Gasteiger partial charge in [-0.2, -0.15) is 0 Å². The summed E-state index contributed by atoms with van der Waals surface area (Å²) in [6.07, 6.45) is -0.668. The number of ketones is 1. The first kappa shape index (κ1) is 13.3. The molecule has 0 spiro atoms. The lowest BCUT2D eigenvalue weighted by Crippen LogP contribution is -2.27. The van der Waals surface area contributed by atoms with Gasteiger partial charge in [0.15, 0.2) is 5.78 Å². The van der Waals surface area contributed by atoms with Gasteiger partial charge in [-0.05, 0) is 32.0 Å². The summed E-state index contributed by atoms with van der Waals surface area (Å²) >= 11 is 0. The largest absolute Gasteiger partial charge is 0.372 e. The van der Waals surface area contributed by atoms with Gasteiger partial charge in [-0.1, -0.05) is 0 Å². The minimum absolute atomic E-state index is 0.159. The second-order valence-electron chi connectivity index (χ2n) is 3.61. The summed E-state index contributed by atoms with van der Waals surface area (Å²) in [6, 6.07) is 3.62. The van der Waals surface area contributed by atoms with Crippen molar-refractivity contribution in [1.82, 2.24) is 0 Å². The standard InChI is InChI=1S/C12H14FNO3/c1-7(15)10-5-4-9(13)6-11(10)14-12(16)8(2)17-3/h4-6,8H,1-3H3,(H,14,16)/t8-/m0/s1. The van der Waals surface area contributed by atoms with E-state index in [4.69, 9.17) is 4.74 Å². The van der Waals surface area contributed by atoms with E-state index >= 15 is 0 Å². The molecule has 0 saturated carbocycles. The number of rotatable bonds is 4. The summed E-state index contributed by atoms with van der Waals surface area (Å²) in [5, 5.41) is 2.46. The summed E-state index contributed by atoms with van der Waals surface area (Å²) in [7, 11) is 1.39. The van der Waals surface area contributed by atoms with Crippen molar-refractivity contribution in [3.8, 4) is 0 Å². The number of benzene rings is 1. The highest BCUT2D eigenvalue weighted by atomic mass is 19.1. The molecule has 1 aromatic carbocycles. The van der Waals surface area contributed by atoms with Crippen molar-refractivity contribution in [2.45, 2.75) is 20.0 Å². The van der Waals surface area contributed by atoms with Gasteiger partial charge < -0.3 is 10.1 Å². The number of amides is 1. The first-order valence-electron chi connectivity index (χ1n) is 5.10. The van der Waals surface area contributed by atoms with Crippen LogP contribution in [-0.2, 0) is 9.53 Å². The number of Topliss-reactive ketones (excluding diaryl/α,β-unsaturated/α-hetero) is 1. The van der Waals surface area contributed by atoms with E-state index in [9.17, 15) is 14.0 Å². The molecule has 0 bridgehead atoms. The fourth-order valence-corrected chi connectivity index (χ4v) is 1.27. The number of anilines is 1. The molecule has 1 aromatic rings. The van der Waals surface area contributed by atoms with Crippen molar-refractivity contribution in [1.29, 1.82) is 0 Å². The maximum Gasteiger partial charge on any atom is 0.253 e. The lowest BCUT2D eigenvalue weighted by molar-refractivity contribution is -0.124. The molecule has 0 heterocycles. The lowest BCUT2D eigenvalue weighted by atomic mass is 10.1. The van der Waals surface area contributed by atoms with Crippen molar-refractivity contribution in [2.75, 3.05) is 12.4 Å². The van der Waals surface area contributed by atoms with E-state index < -0.39 is 17.8 Å². The molecule has 92 valence electrons. The molecule has 1 N–H and O–H groups in total. The zero-order valence-electron chi connectivity index (χ0n) is 9.91. The van der Waals surface area contributed by atoms with Gasteiger partial charge in [0, 0.05) is 12.7 Å². The number of ether oxygens (including phenoxy) is 1. The smallest absolute Gasteiger partial charge is 0.253 e. The molecule has 0 saturated heterocycles. The van der Waals surface area contributed by atoms with Gasteiger partial charge in [0.05, 0.1) is 5.69 Å². The lowest BCUT2D eigenvalue weighted by Gasteiger charge is -2.12. The van der Waals surface area contributed by atoms with Gasteiger partial charge in [-0.25, -0.2) is 4.39 Å².